The number of benzene rings is 4. The predicted octanol–water partition coefficient (Wildman–Crippen LogP) is 7.01. The van der Waals surface area contributed by atoms with Crippen molar-refractivity contribution in [1.29, 1.82) is 0 Å². The average molecular weight is 413 g/mol. The van der Waals surface area contributed by atoms with E-state index in [1.165, 1.54) is 0 Å². The van der Waals surface area contributed by atoms with Crippen molar-refractivity contribution < 1.29 is 4.42 Å². The molecule has 0 aliphatic heterocycles. The maximum Gasteiger partial charge on any atom is 0.165 e. The van der Waals surface area contributed by atoms with Crippen LogP contribution in [-0.2, 0) is 0 Å². The smallest absolute Gasteiger partial charge is 0.165 e. The van der Waals surface area contributed by atoms with E-state index in [4.69, 9.17) is 14.6 Å². The Balaban J connectivity index is 1.63. The van der Waals surface area contributed by atoms with E-state index in [1.54, 1.807) is 4.80 Å². The summed E-state index contributed by atoms with van der Waals surface area (Å²) in [7, 11) is 0. The van der Waals surface area contributed by atoms with Gasteiger partial charge in [0.1, 0.15) is 11.5 Å². The van der Waals surface area contributed by atoms with Gasteiger partial charge in [-0.2, -0.15) is 4.80 Å². The minimum absolute atomic E-state index is 0.721. The van der Waals surface area contributed by atoms with Gasteiger partial charge in [0.25, 0.3) is 0 Å². The number of para-hydroxylation sites is 1. The van der Waals surface area contributed by atoms with Crippen LogP contribution in [0.25, 0.3) is 50.5 Å². The molecule has 0 spiro atoms. The van der Waals surface area contributed by atoms with Gasteiger partial charge in [-0.15, -0.1) is 10.2 Å². The van der Waals surface area contributed by atoms with Gasteiger partial charge in [0.15, 0.2) is 11.5 Å². The third-order valence-electron chi connectivity index (χ3n) is 5.52. The molecule has 6 rings (SSSR count). The molecule has 0 atom stereocenters. The molecule has 0 fully saturated rings. The van der Waals surface area contributed by atoms with Crippen molar-refractivity contribution in [3.63, 3.8) is 0 Å². The largest absolute Gasteiger partial charge is 0.453 e. The van der Waals surface area contributed by atoms with Crippen LogP contribution in [0, 0.1) is 0 Å². The number of furan rings is 1. The van der Waals surface area contributed by atoms with E-state index in [-0.39, 0.29) is 0 Å². The van der Waals surface area contributed by atoms with Crippen molar-refractivity contribution in [2.24, 2.45) is 0 Å². The Labute approximate surface area is 185 Å². The Morgan fingerprint density at radius 3 is 1.62 bits per heavy atom. The first kappa shape index (κ1) is 18.3. The van der Waals surface area contributed by atoms with Gasteiger partial charge in [-0.1, -0.05) is 103 Å². The summed E-state index contributed by atoms with van der Waals surface area (Å²) >= 11 is 0. The summed E-state index contributed by atoms with van der Waals surface area (Å²) in [6, 6.07) is 38.5. The molecule has 152 valence electrons. The quantitative estimate of drug-likeness (QED) is 0.312. The number of aromatic nitrogens is 3. The van der Waals surface area contributed by atoms with E-state index >= 15 is 0 Å². The summed E-state index contributed by atoms with van der Waals surface area (Å²) in [4.78, 5) is 1.68. The van der Waals surface area contributed by atoms with E-state index in [1.807, 2.05) is 91.0 Å². The molecule has 0 bridgehead atoms. The zero-order chi connectivity index (χ0) is 21.3. The summed E-state index contributed by atoms with van der Waals surface area (Å²) in [5.74, 6) is 1.56. The van der Waals surface area contributed by atoms with E-state index in [0.717, 1.165) is 50.5 Å². The molecule has 0 amide bonds. The molecular formula is C28H19N3O. The first-order valence-electron chi connectivity index (χ1n) is 10.5. The van der Waals surface area contributed by atoms with Gasteiger partial charge in [-0.25, -0.2) is 0 Å². The first-order chi connectivity index (χ1) is 15.9. The van der Waals surface area contributed by atoms with Gasteiger partial charge in [-0.3, -0.25) is 0 Å². The second-order valence-electron chi connectivity index (χ2n) is 7.56. The number of nitrogens with zero attached hydrogens (tertiary/aromatic N) is 3. The fourth-order valence-corrected chi connectivity index (χ4v) is 4.00. The topological polar surface area (TPSA) is 43.9 Å². The molecule has 4 aromatic carbocycles. The fourth-order valence-electron chi connectivity index (χ4n) is 4.00. The van der Waals surface area contributed by atoms with Crippen LogP contribution in [0.15, 0.2) is 120 Å². The van der Waals surface area contributed by atoms with Crippen molar-refractivity contribution in [1.82, 2.24) is 15.0 Å². The monoisotopic (exact) mass is 413 g/mol. The van der Waals surface area contributed by atoms with E-state index in [2.05, 4.69) is 24.3 Å². The Morgan fingerprint density at radius 2 is 0.969 bits per heavy atom. The van der Waals surface area contributed by atoms with E-state index in [9.17, 15) is 0 Å². The Bertz CT molecular complexity index is 1500. The molecule has 2 aromatic heterocycles. The van der Waals surface area contributed by atoms with Crippen LogP contribution in [0.1, 0.15) is 0 Å². The van der Waals surface area contributed by atoms with Gasteiger partial charge in [0.05, 0.1) is 5.69 Å². The average Bonchev–Trinajstić information content (AvgIpc) is 3.48. The zero-order valence-electron chi connectivity index (χ0n) is 17.2. The van der Waals surface area contributed by atoms with E-state index in [0.29, 0.717) is 0 Å². The van der Waals surface area contributed by atoms with Crippen molar-refractivity contribution >= 4 is 10.8 Å². The third-order valence-corrected chi connectivity index (χ3v) is 5.52. The molecule has 0 saturated heterocycles. The van der Waals surface area contributed by atoms with Gasteiger partial charge in [0.2, 0.25) is 0 Å². The lowest BCUT2D eigenvalue weighted by atomic mass is 10.0. The van der Waals surface area contributed by atoms with Crippen LogP contribution in [0.3, 0.4) is 0 Å². The Morgan fingerprint density at radius 1 is 0.469 bits per heavy atom. The lowest BCUT2D eigenvalue weighted by molar-refractivity contribution is 0.598. The molecule has 4 nitrogen and oxygen atoms in total. The molecule has 4 heteroatoms. The van der Waals surface area contributed by atoms with Crippen molar-refractivity contribution in [2.75, 3.05) is 0 Å². The number of rotatable bonds is 4. The summed E-state index contributed by atoms with van der Waals surface area (Å²) in [6.45, 7) is 0. The fraction of sp³-hybridized carbons (Fsp3) is 0. The molecule has 0 radical (unpaired) electrons. The van der Waals surface area contributed by atoms with Crippen LogP contribution in [-0.4, -0.2) is 15.0 Å². The molecule has 0 N–H and O–H groups in total. The standard InChI is InChI=1S/C28H19N3O/c1-4-12-20(13-5-1)25-26(30-31(29-25)22-16-8-3-9-17-22)28-24-19-11-10-18-23(24)27(32-28)21-14-6-2-7-15-21/h1-19H. The molecule has 2 heterocycles. The van der Waals surface area contributed by atoms with Crippen LogP contribution in [0.2, 0.25) is 0 Å². The van der Waals surface area contributed by atoms with Gasteiger partial charge >= 0.3 is 0 Å². The normalized spacial score (nSPS) is 11.1. The van der Waals surface area contributed by atoms with Crippen LogP contribution in [0.5, 0.6) is 0 Å². The van der Waals surface area contributed by atoms with Gasteiger partial charge in [-0.05, 0) is 12.1 Å². The first-order valence-corrected chi connectivity index (χ1v) is 10.5. The van der Waals surface area contributed by atoms with Crippen LogP contribution >= 0.6 is 0 Å². The molecular weight excluding hydrogens is 394 g/mol. The highest BCUT2D eigenvalue weighted by molar-refractivity contribution is 6.03. The number of hydrogen-bond donors (Lipinski definition) is 0. The summed E-state index contributed by atoms with van der Waals surface area (Å²) in [6.07, 6.45) is 0. The summed E-state index contributed by atoms with van der Waals surface area (Å²) in [5, 5.41) is 11.8. The molecule has 0 unspecified atom stereocenters. The highest BCUT2D eigenvalue weighted by Crippen LogP contribution is 2.41. The maximum atomic E-state index is 6.53. The molecule has 0 aliphatic carbocycles. The molecule has 0 aliphatic rings. The van der Waals surface area contributed by atoms with Crippen molar-refractivity contribution in [3.05, 3.63) is 115 Å². The molecule has 6 aromatic rings. The zero-order valence-corrected chi connectivity index (χ0v) is 17.2. The number of fused-ring (bicyclic) bond motifs is 1. The summed E-state index contributed by atoms with van der Waals surface area (Å²) < 4.78 is 6.53. The second kappa shape index (κ2) is 7.67. The predicted molar refractivity (Wildman–Crippen MR) is 127 cm³/mol. The maximum absolute atomic E-state index is 6.53. The van der Waals surface area contributed by atoms with E-state index < -0.39 is 0 Å². The highest BCUT2D eigenvalue weighted by Gasteiger charge is 2.23. The highest BCUT2D eigenvalue weighted by atomic mass is 16.3. The minimum atomic E-state index is 0.721. The SMILES string of the molecule is c1ccc(-c2nn(-c3ccccc3)nc2-c2oc(-c3ccccc3)c3ccccc23)cc1. The van der Waals surface area contributed by atoms with Crippen molar-refractivity contribution in [2.45, 2.75) is 0 Å². The van der Waals surface area contributed by atoms with Gasteiger partial charge in [0, 0.05) is 21.9 Å². The Kier molecular flexibility index (Phi) is 4.40. The lowest BCUT2D eigenvalue weighted by Crippen LogP contribution is -1.98. The van der Waals surface area contributed by atoms with Crippen LogP contribution in [0.4, 0.5) is 0 Å². The third kappa shape index (κ3) is 3.10. The van der Waals surface area contributed by atoms with Gasteiger partial charge < -0.3 is 4.42 Å². The second-order valence-corrected chi connectivity index (χ2v) is 7.56. The number of hydrogen-bond acceptors (Lipinski definition) is 3. The minimum Gasteiger partial charge on any atom is -0.453 e. The summed E-state index contributed by atoms with van der Waals surface area (Å²) in [5.41, 5.74) is 4.43. The van der Waals surface area contributed by atoms with Crippen LogP contribution < -0.4 is 0 Å². The molecule has 0 saturated carbocycles. The molecule has 32 heavy (non-hydrogen) atoms. The lowest BCUT2D eigenvalue weighted by Gasteiger charge is -1.99. The Hall–Kier alpha value is -4.44. The van der Waals surface area contributed by atoms with Crippen molar-refractivity contribution in [3.8, 4) is 39.7 Å².